The number of rotatable bonds is 3. The summed E-state index contributed by atoms with van der Waals surface area (Å²) in [7, 11) is 0. The van der Waals surface area contributed by atoms with Gasteiger partial charge in [-0.3, -0.25) is 4.98 Å². The lowest BCUT2D eigenvalue weighted by Gasteiger charge is -1.96. The number of hydrogen-bond acceptors (Lipinski definition) is 2. The maximum Gasteiger partial charge on any atom is 0.0342 e. The molecule has 1 rings (SSSR count). The largest absolute Gasteiger partial charge is 0.264 e. The highest BCUT2D eigenvalue weighted by Crippen LogP contribution is 2.07. The Morgan fingerprint density at radius 2 is 2.42 bits per heavy atom. The van der Waals surface area contributed by atoms with Crippen molar-refractivity contribution in [3.05, 3.63) is 35.7 Å². The van der Waals surface area contributed by atoms with E-state index in [4.69, 9.17) is 0 Å². The highest BCUT2D eigenvalue weighted by Gasteiger charge is 1.90. The number of aryl methyl sites for hydroxylation is 1. The number of pyridine rings is 1. The van der Waals surface area contributed by atoms with Gasteiger partial charge in [-0.25, -0.2) is 0 Å². The molecule has 0 N–H and O–H groups in total. The normalized spacial score (nSPS) is 10.8. The van der Waals surface area contributed by atoms with E-state index in [9.17, 15) is 0 Å². The van der Waals surface area contributed by atoms with Crippen LogP contribution in [0, 0.1) is 6.92 Å². The van der Waals surface area contributed by atoms with Gasteiger partial charge in [0.2, 0.25) is 0 Å². The molecule has 0 aromatic carbocycles. The highest BCUT2D eigenvalue weighted by molar-refractivity contribution is 7.80. The van der Waals surface area contributed by atoms with Crippen molar-refractivity contribution in [3.63, 3.8) is 0 Å². The number of allylic oxidation sites excluding steroid dienone is 1. The van der Waals surface area contributed by atoms with E-state index in [2.05, 4.69) is 36.7 Å². The van der Waals surface area contributed by atoms with Crippen LogP contribution in [0.3, 0.4) is 0 Å². The van der Waals surface area contributed by atoms with Gasteiger partial charge in [-0.05, 0) is 36.3 Å². The molecule has 64 valence electrons. The number of nitrogens with zero attached hydrogens (tertiary/aromatic N) is 1. The van der Waals surface area contributed by atoms with Crippen LogP contribution in [0.1, 0.15) is 17.5 Å². The van der Waals surface area contributed by atoms with Crippen molar-refractivity contribution in [2.45, 2.75) is 13.3 Å². The summed E-state index contributed by atoms with van der Waals surface area (Å²) in [6.45, 7) is 2.09. The molecular formula is C10H13NS. The fourth-order valence-electron chi connectivity index (χ4n) is 0.936. The standard InChI is InChI=1S/C10H13NS/c1-9-5-6-11-8-10(9)4-2-3-7-12/h2,4-6,8,12H,3,7H2,1H3. The van der Waals surface area contributed by atoms with Crippen molar-refractivity contribution in [2.24, 2.45) is 0 Å². The van der Waals surface area contributed by atoms with Crippen molar-refractivity contribution >= 4 is 18.7 Å². The zero-order valence-corrected chi connectivity index (χ0v) is 8.09. The van der Waals surface area contributed by atoms with Gasteiger partial charge >= 0.3 is 0 Å². The molecule has 1 aromatic heterocycles. The first-order valence-corrected chi connectivity index (χ1v) is 4.66. The molecule has 0 saturated heterocycles. The summed E-state index contributed by atoms with van der Waals surface area (Å²) in [5.41, 5.74) is 2.46. The predicted octanol–water partition coefficient (Wildman–Crippen LogP) is 2.72. The Morgan fingerprint density at radius 3 is 3.08 bits per heavy atom. The molecule has 0 aliphatic rings. The summed E-state index contributed by atoms with van der Waals surface area (Å²) in [4.78, 5) is 4.05. The van der Waals surface area contributed by atoms with Crippen LogP contribution in [0.2, 0.25) is 0 Å². The second-order valence-corrected chi connectivity index (χ2v) is 3.09. The average molecular weight is 179 g/mol. The predicted molar refractivity (Wildman–Crippen MR) is 56.5 cm³/mol. The van der Waals surface area contributed by atoms with E-state index in [0.717, 1.165) is 12.2 Å². The summed E-state index contributed by atoms with van der Waals surface area (Å²) >= 11 is 4.13. The molecule has 1 heterocycles. The molecule has 0 amide bonds. The number of aromatic nitrogens is 1. The van der Waals surface area contributed by atoms with E-state index >= 15 is 0 Å². The van der Waals surface area contributed by atoms with Crippen molar-refractivity contribution < 1.29 is 0 Å². The zero-order valence-electron chi connectivity index (χ0n) is 7.20. The smallest absolute Gasteiger partial charge is 0.0342 e. The van der Waals surface area contributed by atoms with Gasteiger partial charge in [-0.1, -0.05) is 12.2 Å². The summed E-state index contributed by atoms with van der Waals surface area (Å²) < 4.78 is 0. The third-order valence-electron chi connectivity index (χ3n) is 1.67. The molecule has 0 aliphatic heterocycles. The lowest BCUT2D eigenvalue weighted by Crippen LogP contribution is -1.81. The molecule has 0 bridgehead atoms. The van der Waals surface area contributed by atoms with Crippen LogP contribution in [0.25, 0.3) is 6.08 Å². The molecule has 1 aromatic rings. The van der Waals surface area contributed by atoms with Crippen molar-refractivity contribution in [1.82, 2.24) is 4.98 Å². The van der Waals surface area contributed by atoms with Crippen molar-refractivity contribution in [1.29, 1.82) is 0 Å². The Morgan fingerprint density at radius 1 is 1.58 bits per heavy atom. The molecule has 0 spiro atoms. The van der Waals surface area contributed by atoms with Gasteiger partial charge in [0.1, 0.15) is 0 Å². The molecule has 0 fully saturated rings. The maximum atomic E-state index is 4.13. The molecule has 2 heteroatoms. The van der Waals surface area contributed by atoms with Crippen LogP contribution in [0.5, 0.6) is 0 Å². The van der Waals surface area contributed by atoms with E-state index < -0.39 is 0 Å². The molecule has 0 saturated carbocycles. The van der Waals surface area contributed by atoms with Gasteiger partial charge in [0.05, 0.1) is 0 Å². The van der Waals surface area contributed by atoms with E-state index in [0.29, 0.717) is 0 Å². The SMILES string of the molecule is Cc1ccncc1C=CCCS. The first-order chi connectivity index (χ1) is 5.84. The van der Waals surface area contributed by atoms with Crippen molar-refractivity contribution in [3.8, 4) is 0 Å². The Hall–Kier alpha value is -0.760. The topological polar surface area (TPSA) is 12.9 Å². The van der Waals surface area contributed by atoms with Crippen LogP contribution < -0.4 is 0 Å². The van der Waals surface area contributed by atoms with E-state index in [1.807, 2.05) is 18.5 Å². The second kappa shape index (κ2) is 4.99. The third-order valence-corrected chi connectivity index (χ3v) is 1.93. The Labute approximate surface area is 78.9 Å². The molecule has 0 radical (unpaired) electrons. The zero-order chi connectivity index (χ0) is 8.81. The minimum Gasteiger partial charge on any atom is -0.264 e. The quantitative estimate of drug-likeness (QED) is 0.704. The second-order valence-electron chi connectivity index (χ2n) is 2.65. The van der Waals surface area contributed by atoms with E-state index in [-0.39, 0.29) is 0 Å². The summed E-state index contributed by atoms with van der Waals surface area (Å²) in [5.74, 6) is 0.899. The fraction of sp³-hybridized carbons (Fsp3) is 0.300. The first-order valence-electron chi connectivity index (χ1n) is 4.02. The van der Waals surface area contributed by atoms with Gasteiger partial charge < -0.3 is 0 Å². The molecular weight excluding hydrogens is 166 g/mol. The minimum absolute atomic E-state index is 0.899. The molecule has 0 unspecified atom stereocenters. The lowest BCUT2D eigenvalue weighted by atomic mass is 10.1. The Bertz CT molecular complexity index is 268. The maximum absolute atomic E-state index is 4.13. The lowest BCUT2D eigenvalue weighted by molar-refractivity contribution is 1.24. The van der Waals surface area contributed by atoms with Crippen LogP contribution in [0.15, 0.2) is 24.5 Å². The summed E-state index contributed by atoms with van der Waals surface area (Å²) in [6, 6.07) is 2.01. The van der Waals surface area contributed by atoms with Gasteiger partial charge in [0.15, 0.2) is 0 Å². The number of thiol groups is 1. The molecule has 12 heavy (non-hydrogen) atoms. The van der Waals surface area contributed by atoms with Gasteiger partial charge in [-0.15, -0.1) is 0 Å². The first kappa shape index (κ1) is 9.33. The van der Waals surface area contributed by atoms with E-state index in [1.54, 1.807) is 0 Å². The molecule has 0 aliphatic carbocycles. The van der Waals surface area contributed by atoms with Crippen molar-refractivity contribution in [2.75, 3.05) is 5.75 Å². The minimum atomic E-state index is 0.899. The molecule has 1 nitrogen and oxygen atoms in total. The van der Waals surface area contributed by atoms with Crippen LogP contribution in [0.4, 0.5) is 0 Å². The number of hydrogen-bond donors (Lipinski definition) is 1. The third kappa shape index (κ3) is 2.70. The van der Waals surface area contributed by atoms with Crippen LogP contribution in [-0.2, 0) is 0 Å². The fourth-order valence-corrected chi connectivity index (χ4v) is 1.08. The molecule has 0 atom stereocenters. The van der Waals surface area contributed by atoms with Crippen LogP contribution >= 0.6 is 12.6 Å². The van der Waals surface area contributed by atoms with E-state index in [1.165, 1.54) is 11.1 Å². The average Bonchev–Trinajstić information content (AvgIpc) is 2.09. The summed E-state index contributed by atoms with van der Waals surface area (Å²) in [6.07, 6.45) is 8.92. The summed E-state index contributed by atoms with van der Waals surface area (Å²) in [5, 5.41) is 0. The van der Waals surface area contributed by atoms with Gasteiger partial charge in [0.25, 0.3) is 0 Å². The monoisotopic (exact) mass is 179 g/mol. The Balaban J connectivity index is 2.68. The van der Waals surface area contributed by atoms with Gasteiger partial charge in [-0.2, -0.15) is 12.6 Å². The Kier molecular flexibility index (Phi) is 3.88. The highest BCUT2D eigenvalue weighted by atomic mass is 32.1. The van der Waals surface area contributed by atoms with Crippen LogP contribution in [-0.4, -0.2) is 10.7 Å². The van der Waals surface area contributed by atoms with Gasteiger partial charge in [0, 0.05) is 12.4 Å².